The zero-order valence-electron chi connectivity index (χ0n) is 18.9. The fourth-order valence-corrected chi connectivity index (χ4v) is 4.41. The van der Waals surface area contributed by atoms with Crippen molar-refractivity contribution in [1.29, 1.82) is 0 Å². The number of carbonyl (C=O) groups excluding carboxylic acids is 2. The van der Waals surface area contributed by atoms with Crippen molar-refractivity contribution in [2.75, 3.05) is 26.4 Å². The van der Waals surface area contributed by atoms with E-state index in [1.54, 1.807) is 4.68 Å². The molecule has 1 fully saturated rings. The lowest BCUT2D eigenvalue weighted by molar-refractivity contribution is -0.151. The van der Waals surface area contributed by atoms with E-state index in [1.165, 1.54) is 0 Å². The molecule has 1 aliphatic heterocycles. The molecule has 31 heavy (non-hydrogen) atoms. The number of carbonyl (C=O) groups is 2. The minimum atomic E-state index is -0.281. The van der Waals surface area contributed by atoms with E-state index in [0.717, 1.165) is 30.5 Å². The highest BCUT2D eigenvalue weighted by molar-refractivity contribution is 5.94. The van der Waals surface area contributed by atoms with E-state index >= 15 is 0 Å². The standard InChI is InChI=1S/C23H37N3O5/c1-3-26-21-19(6-4-12-30-13-5-11-24-22(21)28)20(25-26)14-16(2)15-31-23(29)17-7-9-18(27)10-8-17/h16-18,27H,3-15H2,1-2H3,(H,24,28)/t16-,17-,18+/m1/s1. The van der Waals surface area contributed by atoms with E-state index < -0.39 is 0 Å². The van der Waals surface area contributed by atoms with Crippen LogP contribution in [0.3, 0.4) is 0 Å². The van der Waals surface area contributed by atoms with Crippen LogP contribution in [-0.2, 0) is 33.7 Å². The predicted molar refractivity (Wildman–Crippen MR) is 116 cm³/mol. The molecule has 1 aromatic rings. The van der Waals surface area contributed by atoms with Gasteiger partial charge in [0.1, 0.15) is 5.69 Å². The third-order valence-electron chi connectivity index (χ3n) is 6.20. The highest BCUT2D eigenvalue weighted by atomic mass is 16.5. The van der Waals surface area contributed by atoms with Gasteiger partial charge in [-0.1, -0.05) is 6.92 Å². The van der Waals surface area contributed by atoms with Crippen molar-refractivity contribution in [3.63, 3.8) is 0 Å². The summed E-state index contributed by atoms with van der Waals surface area (Å²) >= 11 is 0. The highest BCUT2D eigenvalue weighted by Gasteiger charge is 2.28. The monoisotopic (exact) mass is 435 g/mol. The van der Waals surface area contributed by atoms with Crippen LogP contribution in [0.4, 0.5) is 0 Å². The molecule has 1 amide bonds. The van der Waals surface area contributed by atoms with Crippen LogP contribution >= 0.6 is 0 Å². The van der Waals surface area contributed by atoms with Gasteiger partial charge in [-0.05, 0) is 64.2 Å². The van der Waals surface area contributed by atoms with Crippen molar-refractivity contribution in [1.82, 2.24) is 15.1 Å². The van der Waals surface area contributed by atoms with Crippen molar-refractivity contribution in [3.05, 3.63) is 17.0 Å². The molecule has 1 aliphatic carbocycles. The topological polar surface area (TPSA) is 103 Å². The Morgan fingerprint density at radius 3 is 2.77 bits per heavy atom. The first kappa shape index (κ1) is 23.7. The predicted octanol–water partition coefficient (Wildman–Crippen LogP) is 2.26. The lowest BCUT2D eigenvalue weighted by atomic mass is 9.87. The number of nitrogens with one attached hydrogen (secondary N) is 1. The number of amides is 1. The molecule has 0 spiro atoms. The second-order valence-electron chi connectivity index (χ2n) is 8.86. The highest BCUT2D eigenvalue weighted by Crippen LogP contribution is 2.26. The average Bonchev–Trinajstić information content (AvgIpc) is 3.09. The van der Waals surface area contributed by atoms with Gasteiger partial charge in [-0.3, -0.25) is 14.3 Å². The molecule has 1 aromatic heterocycles. The number of rotatable bonds is 6. The van der Waals surface area contributed by atoms with E-state index in [2.05, 4.69) is 5.32 Å². The lowest BCUT2D eigenvalue weighted by Gasteiger charge is -2.24. The maximum absolute atomic E-state index is 12.8. The Labute approximate surface area is 184 Å². The number of aliphatic hydroxyl groups is 1. The molecule has 8 heteroatoms. The molecule has 0 radical (unpaired) electrons. The Morgan fingerprint density at radius 1 is 1.29 bits per heavy atom. The van der Waals surface area contributed by atoms with E-state index in [1.807, 2.05) is 13.8 Å². The Kier molecular flexibility index (Phi) is 8.90. The summed E-state index contributed by atoms with van der Waals surface area (Å²) in [7, 11) is 0. The van der Waals surface area contributed by atoms with Gasteiger partial charge in [-0.25, -0.2) is 0 Å². The lowest BCUT2D eigenvalue weighted by Crippen LogP contribution is -2.28. The largest absolute Gasteiger partial charge is 0.465 e. The molecule has 8 nitrogen and oxygen atoms in total. The zero-order valence-corrected chi connectivity index (χ0v) is 18.9. The van der Waals surface area contributed by atoms with Crippen molar-refractivity contribution in [2.45, 2.75) is 77.9 Å². The second kappa shape index (κ2) is 11.6. The summed E-state index contributed by atoms with van der Waals surface area (Å²) in [6.45, 7) is 6.92. The fourth-order valence-electron chi connectivity index (χ4n) is 4.41. The Morgan fingerprint density at radius 2 is 2.03 bits per heavy atom. The van der Waals surface area contributed by atoms with Gasteiger partial charge in [-0.15, -0.1) is 0 Å². The first-order valence-corrected chi connectivity index (χ1v) is 11.8. The molecular weight excluding hydrogens is 398 g/mol. The van der Waals surface area contributed by atoms with E-state index in [0.29, 0.717) is 70.7 Å². The van der Waals surface area contributed by atoms with Crippen LogP contribution < -0.4 is 5.32 Å². The summed E-state index contributed by atoms with van der Waals surface area (Å²) in [6.07, 6.45) is 5.49. The van der Waals surface area contributed by atoms with Crippen LogP contribution in [0, 0.1) is 11.8 Å². The molecule has 2 aliphatic rings. The van der Waals surface area contributed by atoms with Gasteiger partial charge in [0.05, 0.1) is 24.3 Å². The molecule has 2 N–H and O–H groups in total. The van der Waals surface area contributed by atoms with Gasteiger partial charge in [0, 0.05) is 31.9 Å². The van der Waals surface area contributed by atoms with E-state index in [4.69, 9.17) is 14.6 Å². The van der Waals surface area contributed by atoms with Crippen LogP contribution in [0.15, 0.2) is 0 Å². The summed E-state index contributed by atoms with van der Waals surface area (Å²) in [4.78, 5) is 25.2. The summed E-state index contributed by atoms with van der Waals surface area (Å²) < 4.78 is 13.0. The minimum absolute atomic E-state index is 0.0731. The van der Waals surface area contributed by atoms with E-state index in [-0.39, 0.29) is 29.8 Å². The van der Waals surface area contributed by atoms with Crippen molar-refractivity contribution < 1.29 is 24.2 Å². The molecule has 0 aromatic carbocycles. The quantitative estimate of drug-likeness (QED) is 0.665. The third kappa shape index (κ3) is 6.53. The Balaban J connectivity index is 1.64. The van der Waals surface area contributed by atoms with Crippen LogP contribution in [0.25, 0.3) is 0 Å². The average molecular weight is 436 g/mol. The van der Waals surface area contributed by atoms with Gasteiger partial charge in [0.15, 0.2) is 0 Å². The number of nitrogens with zero attached hydrogens (tertiary/aromatic N) is 2. The van der Waals surface area contributed by atoms with Gasteiger partial charge in [0.25, 0.3) is 5.91 Å². The SMILES string of the molecule is CCn1nc(C[C@@H](C)COC(=O)[C@H]2CC[C@@H](O)CC2)c2c1C(=O)NCCCOCCC2. The molecule has 2 heterocycles. The van der Waals surface area contributed by atoms with Gasteiger partial charge in [0.2, 0.25) is 0 Å². The Bertz CT molecular complexity index is 740. The number of aryl methyl sites for hydroxylation is 1. The fraction of sp³-hybridized carbons (Fsp3) is 0.783. The number of fused-ring (bicyclic) bond motifs is 1. The van der Waals surface area contributed by atoms with Gasteiger partial charge < -0.3 is 19.9 Å². The summed E-state index contributed by atoms with van der Waals surface area (Å²) in [5.41, 5.74) is 2.56. The molecule has 0 unspecified atom stereocenters. The number of ether oxygens (including phenoxy) is 2. The first-order chi connectivity index (χ1) is 15.0. The maximum atomic E-state index is 12.8. The van der Waals surface area contributed by atoms with Crippen LogP contribution in [-0.4, -0.2) is 59.2 Å². The third-order valence-corrected chi connectivity index (χ3v) is 6.20. The van der Waals surface area contributed by atoms with E-state index in [9.17, 15) is 14.7 Å². The zero-order chi connectivity index (χ0) is 22.2. The summed E-state index contributed by atoms with van der Waals surface area (Å²) in [6, 6.07) is 0. The number of aliphatic hydroxyl groups excluding tert-OH is 1. The van der Waals surface area contributed by atoms with Crippen molar-refractivity contribution in [2.24, 2.45) is 11.8 Å². The van der Waals surface area contributed by atoms with Crippen molar-refractivity contribution >= 4 is 11.9 Å². The van der Waals surface area contributed by atoms with Gasteiger partial charge >= 0.3 is 5.97 Å². The van der Waals surface area contributed by atoms with Crippen LogP contribution in [0.5, 0.6) is 0 Å². The van der Waals surface area contributed by atoms with Crippen LogP contribution in [0.1, 0.15) is 74.1 Å². The smallest absolute Gasteiger partial charge is 0.308 e. The molecule has 0 saturated heterocycles. The molecule has 1 saturated carbocycles. The number of hydrogen-bond donors (Lipinski definition) is 2. The summed E-state index contributed by atoms with van der Waals surface area (Å²) in [5.74, 6) is -0.236. The second-order valence-corrected chi connectivity index (χ2v) is 8.86. The first-order valence-electron chi connectivity index (χ1n) is 11.8. The molecule has 0 bridgehead atoms. The van der Waals surface area contributed by atoms with Crippen molar-refractivity contribution in [3.8, 4) is 0 Å². The molecule has 174 valence electrons. The maximum Gasteiger partial charge on any atom is 0.308 e. The summed E-state index contributed by atoms with van der Waals surface area (Å²) in [5, 5.41) is 17.3. The molecule has 3 rings (SSSR count). The normalized spacial score (nSPS) is 23.9. The van der Waals surface area contributed by atoms with Gasteiger partial charge in [-0.2, -0.15) is 5.10 Å². The minimum Gasteiger partial charge on any atom is -0.465 e. The number of hydrogen-bond acceptors (Lipinski definition) is 6. The number of esters is 1. The molecule has 1 atom stereocenters. The number of aromatic nitrogens is 2. The van der Waals surface area contributed by atoms with Crippen LogP contribution in [0.2, 0.25) is 0 Å². The Hall–Kier alpha value is -1.93. The molecular formula is C23H37N3O5.